The number of carboxylic acids is 1. The van der Waals surface area contributed by atoms with E-state index in [4.69, 9.17) is 9.84 Å². The minimum Gasteiger partial charge on any atom is -0.489 e. The van der Waals surface area contributed by atoms with Gasteiger partial charge in [0.05, 0.1) is 19.4 Å². The van der Waals surface area contributed by atoms with Gasteiger partial charge < -0.3 is 20.1 Å². The predicted octanol–water partition coefficient (Wildman–Crippen LogP) is 0.444. The van der Waals surface area contributed by atoms with Gasteiger partial charge >= 0.3 is 5.97 Å². The standard InChI is InChI=1S/C11H15N3O4/c1-18-8-9(12-5-13-10(8)15)14-7-3-2-6(4-7)11(16)17/h5-7H,2-4H2,1H3,(H,16,17)(H2,12,13,14,15). The van der Waals surface area contributed by atoms with E-state index in [9.17, 15) is 9.59 Å². The fourth-order valence-electron chi connectivity index (χ4n) is 2.21. The van der Waals surface area contributed by atoms with Gasteiger partial charge in [-0.05, 0) is 19.3 Å². The molecule has 2 unspecified atom stereocenters. The third-order valence-electron chi connectivity index (χ3n) is 3.14. The Balaban J connectivity index is 2.09. The smallest absolute Gasteiger partial charge is 0.306 e. The molecule has 18 heavy (non-hydrogen) atoms. The van der Waals surface area contributed by atoms with E-state index in [2.05, 4.69) is 15.3 Å². The fraction of sp³-hybridized carbons (Fsp3) is 0.545. The summed E-state index contributed by atoms with van der Waals surface area (Å²) in [5.74, 6) is -0.616. The van der Waals surface area contributed by atoms with Crippen LogP contribution < -0.4 is 15.6 Å². The number of hydrogen-bond acceptors (Lipinski definition) is 5. The molecule has 2 rings (SSSR count). The van der Waals surface area contributed by atoms with Crippen molar-refractivity contribution in [3.63, 3.8) is 0 Å². The monoisotopic (exact) mass is 253 g/mol. The molecule has 0 radical (unpaired) electrons. The van der Waals surface area contributed by atoms with E-state index in [1.165, 1.54) is 13.4 Å². The molecule has 0 aromatic carbocycles. The Kier molecular flexibility index (Phi) is 3.50. The van der Waals surface area contributed by atoms with Crippen molar-refractivity contribution in [3.8, 4) is 5.75 Å². The number of aromatic nitrogens is 2. The molecule has 1 fully saturated rings. The van der Waals surface area contributed by atoms with Crippen LogP contribution in [-0.4, -0.2) is 34.2 Å². The second-order valence-electron chi connectivity index (χ2n) is 4.30. The quantitative estimate of drug-likeness (QED) is 0.719. The van der Waals surface area contributed by atoms with E-state index >= 15 is 0 Å². The molecule has 0 spiro atoms. The fourth-order valence-corrected chi connectivity index (χ4v) is 2.21. The normalized spacial score (nSPS) is 22.7. The summed E-state index contributed by atoms with van der Waals surface area (Å²) in [5.41, 5.74) is -0.359. The zero-order chi connectivity index (χ0) is 13.1. The topological polar surface area (TPSA) is 104 Å². The molecule has 1 saturated carbocycles. The number of ether oxygens (including phenoxy) is 1. The number of anilines is 1. The lowest BCUT2D eigenvalue weighted by atomic mass is 10.1. The highest BCUT2D eigenvalue weighted by molar-refractivity contribution is 5.70. The van der Waals surface area contributed by atoms with E-state index in [1.807, 2.05) is 0 Å². The lowest BCUT2D eigenvalue weighted by Gasteiger charge is -2.14. The highest BCUT2D eigenvalue weighted by atomic mass is 16.5. The van der Waals surface area contributed by atoms with Crippen molar-refractivity contribution in [2.75, 3.05) is 12.4 Å². The number of H-pyrrole nitrogens is 1. The first-order valence-corrected chi connectivity index (χ1v) is 5.73. The average molecular weight is 253 g/mol. The lowest BCUT2D eigenvalue weighted by Crippen LogP contribution is -2.21. The summed E-state index contributed by atoms with van der Waals surface area (Å²) in [6.07, 6.45) is 3.21. The molecule has 1 aromatic heterocycles. The number of aliphatic carboxylic acids is 1. The number of methoxy groups -OCH3 is 1. The number of nitrogens with one attached hydrogen (secondary N) is 2. The summed E-state index contributed by atoms with van der Waals surface area (Å²) in [5, 5.41) is 12.0. The lowest BCUT2D eigenvalue weighted by molar-refractivity contribution is -0.141. The molecule has 7 heteroatoms. The molecule has 2 atom stereocenters. The maximum atomic E-state index is 11.5. The minimum atomic E-state index is -0.773. The summed E-state index contributed by atoms with van der Waals surface area (Å²) in [6, 6.07) is 0.00861. The van der Waals surface area contributed by atoms with Crippen LogP contribution in [0.2, 0.25) is 0 Å². The molecule has 1 aromatic rings. The van der Waals surface area contributed by atoms with E-state index in [0.29, 0.717) is 18.7 Å². The van der Waals surface area contributed by atoms with Crippen molar-refractivity contribution in [1.29, 1.82) is 0 Å². The van der Waals surface area contributed by atoms with E-state index in [1.54, 1.807) is 0 Å². The van der Waals surface area contributed by atoms with Gasteiger partial charge in [-0.2, -0.15) is 0 Å². The van der Waals surface area contributed by atoms with Gasteiger partial charge in [-0.25, -0.2) is 4.98 Å². The van der Waals surface area contributed by atoms with Gasteiger partial charge in [-0.3, -0.25) is 9.59 Å². The van der Waals surface area contributed by atoms with Crippen molar-refractivity contribution < 1.29 is 14.6 Å². The summed E-state index contributed by atoms with van der Waals surface area (Å²) < 4.78 is 4.98. The van der Waals surface area contributed by atoms with Crippen LogP contribution in [0.3, 0.4) is 0 Å². The maximum Gasteiger partial charge on any atom is 0.306 e. The van der Waals surface area contributed by atoms with Crippen molar-refractivity contribution in [1.82, 2.24) is 9.97 Å². The van der Waals surface area contributed by atoms with Crippen LogP contribution in [-0.2, 0) is 4.79 Å². The molecule has 1 aliphatic carbocycles. The van der Waals surface area contributed by atoms with Gasteiger partial charge in [-0.1, -0.05) is 0 Å². The Morgan fingerprint density at radius 1 is 1.61 bits per heavy atom. The highest BCUT2D eigenvalue weighted by Gasteiger charge is 2.30. The van der Waals surface area contributed by atoms with Crippen molar-refractivity contribution in [3.05, 3.63) is 16.7 Å². The summed E-state index contributed by atoms with van der Waals surface area (Å²) in [6.45, 7) is 0. The van der Waals surface area contributed by atoms with Gasteiger partial charge in [0.15, 0.2) is 5.82 Å². The minimum absolute atomic E-state index is 0.00861. The zero-order valence-electron chi connectivity index (χ0n) is 9.97. The van der Waals surface area contributed by atoms with Crippen LogP contribution in [0.25, 0.3) is 0 Å². The van der Waals surface area contributed by atoms with Crippen LogP contribution in [0.4, 0.5) is 5.82 Å². The van der Waals surface area contributed by atoms with Gasteiger partial charge in [0.1, 0.15) is 0 Å². The first-order valence-electron chi connectivity index (χ1n) is 5.73. The predicted molar refractivity (Wildman–Crippen MR) is 63.8 cm³/mol. The van der Waals surface area contributed by atoms with Gasteiger partial charge in [0, 0.05) is 6.04 Å². The molecule has 1 heterocycles. The van der Waals surface area contributed by atoms with Crippen LogP contribution in [0.15, 0.2) is 11.1 Å². The number of carbonyl (C=O) groups is 1. The Bertz CT molecular complexity index is 499. The molecule has 1 aliphatic rings. The van der Waals surface area contributed by atoms with Crippen molar-refractivity contribution in [2.24, 2.45) is 5.92 Å². The number of nitrogens with zero attached hydrogens (tertiary/aromatic N) is 1. The number of carboxylic acid groups (broad SMARTS) is 1. The highest BCUT2D eigenvalue weighted by Crippen LogP contribution is 2.29. The van der Waals surface area contributed by atoms with E-state index < -0.39 is 5.97 Å². The molecular weight excluding hydrogens is 238 g/mol. The molecule has 0 bridgehead atoms. The summed E-state index contributed by atoms with van der Waals surface area (Å²) in [7, 11) is 1.39. The average Bonchev–Trinajstić information content (AvgIpc) is 2.78. The molecule has 3 N–H and O–H groups in total. The van der Waals surface area contributed by atoms with Crippen molar-refractivity contribution in [2.45, 2.75) is 25.3 Å². The van der Waals surface area contributed by atoms with Gasteiger partial charge in [0.25, 0.3) is 5.56 Å². The molecule has 0 amide bonds. The number of aromatic amines is 1. The Hall–Kier alpha value is -2.05. The summed E-state index contributed by atoms with van der Waals surface area (Å²) >= 11 is 0. The number of hydrogen-bond donors (Lipinski definition) is 3. The Morgan fingerprint density at radius 2 is 2.39 bits per heavy atom. The molecule has 0 saturated heterocycles. The first-order chi connectivity index (χ1) is 8.61. The van der Waals surface area contributed by atoms with Crippen LogP contribution >= 0.6 is 0 Å². The molecular formula is C11H15N3O4. The number of rotatable bonds is 4. The molecule has 0 aliphatic heterocycles. The van der Waals surface area contributed by atoms with Gasteiger partial charge in [-0.15, -0.1) is 0 Å². The second-order valence-corrected chi connectivity index (χ2v) is 4.30. The Morgan fingerprint density at radius 3 is 3.00 bits per heavy atom. The maximum absolute atomic E-state index is 11.5. The van der Waals surface area contributed by atoms with Crippen LogP contribution in [0.1, 0.15) is 19.3 Å². The van der Waals surface area contributed by atoms with Crippen LogP contribution in [0.5, 0.6) is 5.75 Å². The third-order valence-corrected chi connectivity index (χ3v) is 3.14. The SMILES string of the molecule is COc1c(NC2CCC(C(=O)O)C2)nc[nH]c1=O. The van der Waals surface area contributed by atoms with Crippen molar-refractivity contribution >= 4 is 11.8 Å². The summed E-state index contributed by atoms with van der Waals surface area (Å²) in [4.78, 5) is 28.7. The molecule has 7 nitrogen and oxygen atoms in total. The largest absolute Gasteiger partial charge is 0.489 e. The second kappa shape index (κ2) is 5.07. The molecule has 98 valence electrons. The zero-order valence-corrected chi connectivity index (χ0v) is 9.97. The Labute approximate surface area is 103 Å². The van der Waals surface area contributed by atoms with Gasteiger partial charge in [0.2, 0.25) is 5.75 Å². The third kappa shape index (κ3) is 2.44. The van der Waals surface area contributed by atoms with Crippen LogP contribution in [0, 0.1) is 5.92 Å². The first kappa shape index (κ1) is 12.4. The van der Waals surface area contributed by atoms with E-state index in [-0.39, 0.29) is 23.3 Å². The van der Waals surface area contributed by atoms with E-state index in [0.717, 1.165) is 6.42 Å².